The first-order chi connectivity index (χ1) is 13.4. The lowest BCUT2D eigenvalue weighted by Crippen LogP contribution is -2.49. The second kappa shape index (κ2) is 6.91. The molecule has 1 amide bonds. The molecule has 9 nitrogen and oxygen atoms in total. The molecule has 28 heavy (non-hydrogen) atoms. The molecular weight excluding hydrogens is 360 g/mol. The second-order valence-corrected chi connectivity index (χ2v) is 6.89. The predicted molar refractivity (Wildman–Crippen MR) is 104 cm³/mol. The summed E-state index contributed by atoms with van der Waals surface area (Å²) in [5.41, 5.74) is 3.11. The van der Waals surface area contributed by atoms with E-state index in [4.69, 9.17) is 0 Å². The highest BCUT2D eigenvalue weighted by molar-refractivity contribution is 5.95. The highest BCUT2D eigenvalue weighted by Crippen LogP contribution is 2.20. The Morgan fingerprint density at radius 1 is 1.11 bits per heavy atom. The average Bonchev–Trinajstić information content (AvgIpc) is 3.02. The normalized spacial score (nSPS) is 14.5. The summed E-state index contributed by atoms with van der Waals surface area (Å²) in [6.07, 6.45) is 3.19. The van der Waals surface area contributed by atoms with Crippen LogP contribution in [0.2, 0.25) is 0 Å². The molecule has 3 aromatic rings. The highest BCUT2D eigenvalue weighted by Gasteiger charge is 2.26. The number of aryl methyl sites for hydroxylation is 2. The van der Waals surface area contributed by atoms with Crippen molar-refractivity contribution in [3.8, 4) is 0 Å². The van der Waals surface area contributed by atoms with Crippen molar-refractivity contribution >= 4 is 23.1 Å². The molecule has 9 heteroatoms. The van der Waals surface area contributed by atoms with E-state index in [0.717, 1.165) is 16.9 Å². The zero-order valence-corrected chi connectivity index (χ0v) is 15.7. The van der Waals surface area contributed by atoms with E-state index >= 15 is 0 Å². The fourth-order valence-electron chi connectivity index (χ4n) is 3.49. The Hall–Kier alpha value is -3.49. The Bertz CT molecular complexity index is 1050. The first kappa shape index (κ1) is 17.9. The van der Waals surface area contributed by atoms with Crippen molar-refractivity contribution in [1.82, 2.24) is 19.3 Å². The molecule has 1 fully saturated rings. The van der Waals surface area contributed by atoms with Crippen molar-refractivity contribution in [3.05, 3.63) is 63.7 Å². The molecule has 0 aromatic carbocycles. The van der Waals surface area contributed by atoms with Gasteiger partial charge in [-0.25, -0.2) is 9.97 Å². The van der Waals surface area contributed by atoms with Gasteiger partial charge in [-0.2, -0.15) is 0 Å². The van der Waals surface area contributed by atoms with Gasteiger partial charge in [0.05, 0.1) is 10.6 Å². The topological polar surface area (TPSA) is 96.9 Å². The molecule has 0 saturated carbocycles. The van der Waals surface area contributed by atoms with E-state index in [1.54, 1.807) is 6.07 Å². The lowest BCUT2D eigenvalue weighted by Gasteiger charge is -2.35. The van der Waals surface area contributed by atoms with Crippen LogP contribution >= 0.6 is 0 Å². The van der Waals surface area contributed by atoms with Crippen LogP contribution in [-0.4, -0.2) is 56.3 Å². The van der Waals surface area contributed by atoms with Crippen molar-refractivity contribution in [3.63, 3.8) is 0 Å². The average molecular weight is 380 g/mol. The van der Waals surface area contributed by atoms with Crippen LogP contribution in [0.4, 0.5) is 11.5 Å². The van der Waals surface area contributed by atoms with E-state index in [-0.39, 0.29) is 11.6 Å². The van der Waals surface area contributed by atoms with Gasteiger partial charge in [0.15, 0.2) is 0 Å². The lowest BCUT2D eigenvalue weighted by molar-refractivity contribution is -0.385. The Morgan fingerprint density at radius 3 is 2.50 bits per heavy atom. The van der Waals surface area contributed by atoms with Crippen molar-refractivity contribution in [2.24, 2.45) is 0 Å². The van der Waals surface area contributed by atoms with Gasteiger partial charge >= 0.3 is 0 Å². The molecule has 0 spiro atoms. The number of nitro groups is 1. The standard InChI is InChI=1S/C19H20N6O3/c1-13-3-5-17-21-14(2)18(24(17)12-13)19(26)23-9-7-22(8-10-23)16-6-4-15(11-20-16)25(27)28/h3-6,11-12H,7-10H2,1-2H3. The molecule has 0 N–H and O–H groups in total. The molecule has 1 aliphatic rings. The van der Waals surface area contributed by atoms with Crippen molar-refractivity contribution in [2.75, 3.05) is 31.1 Å². The molecular formula is C19H20N6O3. The van der Waals surface area contributed by atoms with Crippen LogP contribution in [-0.2, 0) is 0 Å². The number of hydrogen-bond donors (Lipinski definition) is 0. The fourth-order valence-corrected chi connectivity index (χ4v) is 3.49. The van der Waals surface area contributed by atoms with Crippen LogP contribution in [0.15, 0.2) is 36.7 Å². The van der Waals surface area contributed by atoms with Crippen LogP contribution in [0.25, 0.3) is 5.65 Å². The third-order valence-corrected chi connectivity index (χ3v) is 4.98. The summed E-state index contributed by atoms with van der Waals surface area (Å²) in [7, 11) is 0. The maximum Gasteiger partial charge on any atom is 0.287 e. The van der Waals surface area contributed by atoms with Crippen LogP contribution in [0, 0.1) is 24.0 Å². The summed E-state index contributed by atoms with van der Waals surface area (Å²) in [6.45, 7) is 6.17. The molecule has 0 radical (unpaired) electrons. The molecule has 1 saturated heterocycles. The number of carbonyl (C=O) groups excluding carboxylic acids is 1. The van der Waals surface area contributed by atoms with Crippen LogP contribution in [0.3, 0.4) is 0 Å². The minimum atomic E-state index is -0.465. The monoisotopic (exact) mass is 380 g/mol. The number of rotatable bonds is 3. The number of pyridine rings is 2. The van der Waals surface area contributed by atoms with Crippen LogP contribution < -0.4 is 4.90 Å². The third-order valence-electron chi connectivity index (χ3n) is 4.98. The summed E-state index contributed by atoms with van der Waals surface area (Å²) in [6, 6.07) is 6.99. The molecule has 4 heterocycles. The highest BCUT2D eigenvalue weighted by atomic mass is 16.6. The maximum absolute atomic E-state index is 13.1. The minimum absolute atomic E-state index is 0.0315. The first-order valence-corrected chi connectivity index (χ1v) is 9.04. The van der Waals surface area contributed by atoms with Crippen LogP contribution in [0.1, 0.15) is 21.7 Å². The zero-order valence-electron chi connectivity index (χ0n) is 15.7. The summed E-state index contributed by atoms with van der Waals surface area (Å²) in [5, 5.41) is 10.8. The van der Waals surface area contributed by atoms with E-state index in [2.05, 4.69) is 9.97 Å². The Balaban J connectivity index is 1.49. The molecule has 3 aromatic heterocycles. The van der Waals surface area contributed by atoms with Crippen molar-refractivity contribution in [2.45, 2.75) is 13.8 Å². The largest absolute Gasteiger partial charge is 0.353 e. The number of hydrogen-bond acceptors (Lipinski definition) is 6. The quantitative estimate of drug-likeness (QED) is 0.511. The number of fused-ring (bicyclic) bond motifs is 1. The van der Waals surface area contributed by atoms with Gasteiger partial charge in [0.1, 0.15) is 23.4 Å². The Kier molecular flexibility index (Phi) is 4.42. The number of nitrogens with zero attached hydrogens (tertiary/aromatic N) is 6. The molecule has 1 aliphatic heterocycles. The van der Waals surface area contributed by atoms with E-state index < -0.39 is 4.92 Å². The SMILES string of the molecule is Cc1ccc2nc(C)c(C(=O)N3CCN(c4ccc([N+](=O)[O-])cn4)CC3)n2c1. The molecule has 4 rings (SSSR count). The van der Waals surface area contributed by atoms with Crippen molar-refractivity contribution in [1.29, 1.82) is 0 Å². The molecule has 0 unspecified atom stereocenters. The fraction of sp³-hybridized carbons (Fsp3) is 0.316. The van der Waals surface area contributed by atoms with Gasteiger partial charge in [-0.05, 0) is 31.5 Å². The second-order valence-electron chi connectivity index (χ2n) is 6.89. The van der Waals surface area contributed by atoms with E-state index in [1.807, 2.05) is 46.4 Å². The molecule has 144 valence electrons. The maximum atomic E-state index is 13.1. The van der Waals surface area contributed by atoms with E-state index in [0.29, 0.717) is 37.7 Å². The third kappa shape index (κ3) is 3.15. The van der Waals surface area contributed by atoms with Crippen molar-refractivity contribution < 1.29 is 9.72 Å². The van der Waals surface area contributed by atoms with E-state index in [9.17, 15) is 14.9 Å². The zero-order chi connectivity index (χ0) is 19.8. The van der Waals surface area contributed by atoms with Gasteiger partial charge in [-0.1, -0.05) is 6.07 Å². The summed E-state index contributed by atoms with van der Waals surface area (Å²) in [4.78, 5) is 35.9. The number of piperazine rings is 1. The van der Waals surface area contributed by atoms with Gasteiger partial charge in [-0.3, -0.25) is 19.3 Å². The number of carbonyl (C=O) groups is 1. The van der Waals surface area contributed by atoms with Gasteiger partial charge < -0.3 is 9.80 Å². The summed E-state index contributed by atoms with van der Waals surface area (Å²) >= 11 is 0. The number of anilines is 1. The minimum Gasteiger partial charge on any atom is -0.353 e. The van der Waals surface area contributed by atoms with Crippen LogP contribution in [0.5, 0.6) is 0 Å². The Morgan fingerprint density at radius 2 is 1.86 bits per heavy atom. The lowest BCUT2D eigenvalue weighted by atomic mass is 10.2. The first-order valence-electron chi connectivity index (χ1n) is 9.04. The summed E-state index contributed by atoms with van der Waals surface area (Å²) < 4.78 is 1.86. The van der Waals surface area contributed by atoms with Gasteiger partial charge in [0.2, 0.25) is 0 Å². The predicted octanol–water partition coefficient (Wildman–Crippen LogP) is 2.22. The number of imidazole rings is 1. The number of aromatic nitrogens is 3. The molecule has 0 bridgehead atoms. The molecule has 0 atom stereocenters. The van der Waals surface area contributed by atoms with E-state index in [1.165, 1.54) is 12.3 Å². The number of amides is 1. The smallest absolute Gasteiger partial charge is 0.287 e. The van der Waals surface area contributed by atoms with Gasteiger partial charge in [0.25, 0.3) is 11.6 Å². The Labute approximate surface area is 161 Å². The van der Waals surface area contributed by atoms with Gasteiger partial charge in [-0.15, -0.1) is 0 Å². The summed E-state index contributed by atoms with van der Waals surface area (Å²) in [5.74, 6) is 0.645. The molecule has 0 aliphatic carbocycles. The van der Waals surface area contributed by atoms with Gasteiger partial charge in [0, 0.05) is 38.4 Å².